The number of benzene rings is 7. The predicted molar refractivity (Wildman–Crippen MR) is 282 cm³/mol. The molecule has 0 bridgehead atoms. The molecule has 0 aromatic heterocycles. The second-order valence-corrected chi connectivity index (χ2v) is 18.0. The van der Waals surface area contributed by atoms with Crippen molar-refractivity contribution in [2.75, 3.05) is 13.2 Å². The van der Waals surface area contributed by atoms with Crippen LogP contribution in [0.15, 0.2) is 217 Å². The van der Waals surface area contributed by atoms with E-state index < -0.39 is 110 Å². The number of rotatable bonds is 20. The van der Waals surface area contributed by atoms with E-state index >= 15 is 0 Å². The molecule has 80 heavy (non-hydrogen) atoms. The highest BCUT2D eigenvalue weighted by molar-refractivity contribution is 5.92. The smallest absolute Gasteiger partial charge is 0.338 e. The van der Waals surface area contributed by atoms with Gasteiger partial charge in [-0.25, -0.2) is 28.8 Å². The summed E-state index contributed by atoms with van der Waals surface area (Å²) in [6.07, 6.45) is -17.4. The molecule has 406 valence electrons. The maximum Gasteiger partial charge on any atom is 0.338 e. The van der Waals surface area contributed by atoms with Crippen LogP contribution in [0.3, 0.4) is 0 Å². The summed E-state index contributed by atoms with van der Waals surface area (Å²) >= 11 is 0. The van der Waals surface area contributed by atoms with Gasteiger partial charge in [0.1, 0.15) is 24.9 Å². The number of carbonyl (C=O) groups is 6. The summed E-state index contributed by atoms with van der Waals surface area (Å²) in [5, 5.41) is 3.79. The van der Waals surface area contributed by atoms with Crippen LogP contribution < -0.4 is 0 Å². The Kier molecular flexibility index (Phi) is 18.8. The van der Waals surface area contributed by atoms with E-state index in [1.54, 1.807) is 140 Å². The zero-order chi connectivity index (χ0) is 55.6. The molecule has 2 aliphatic heterocycles. The fourth-order valence-electron chi connectivity index (χ4n) is 8.78. The van der Waals surface area contributed by atoms with Crippen LogP contribution in [0, 0.1) is 0 Å². The normalized spacial score (nSPS) is 22.2. The van der Waals surface area contributed by atoms with Crippen molar-refractivity contribution in [3.63, 3.8) is 0 Å². The molecule has 2 fully saturated rings. The third kappa shape index (κ3) is 14.2. The third-order valence-corrected chi connectivity index (χ3v) is 12.7. The number of ether oxygens (including phenoxy) is 10. The Bertz CT molecular complexity index is 3230. The number of hydrogen-bond donors (Lipinski definition) is 0. The van der Waals surface area contributed by atoms with Crippen LogP contribution in [0.25, 0.3) is 10.4 Å². The van der Waals surface area contributed by atoms with Crippen molar-refractivity contribution in [2.24, 2.45) is 5.11 Å². The highest BCUT2D eigenvalue weighted by Crippen LogP contribution is 2.37. The number of carbonyl (C=O) groups excluding carboxylic acids is 6. The molecule has 0 saturated carbocycles. The Balaban J connectivity index is 1.18. The summed E-state index contributed by atoms with van der Waals surface area (Å²) < 4.78 is 63.9. The molecular formula is C61H51N3O16. The van der Waals surface area contributed by atoms with Gasteiger partial charge in [-0.1, -0.05) is 145 Å². The fraction of sp³-hybridized carbons (Fsp3) is 0.213. The van der Waals surface area contributed by atoms with E-state index in [0.717, 1.165) is 0 Å². The fourth-order valence-corrected chi connectivity index (χ4v) is 8.78. The summed E-state index contributed by atoms with van der Waals surface area (Å²) in [4.78, 5) is 88.3. The van der Waals surface area contributed by atoms with Crippen molar-refractivity contribution < 1.29 is 76.1 Å². The van der Waals surface area contributed by atoms with Crippen LogP contribution in [0.2, 0.25) is 0 Å². The third-order valence-electron chi connectivity index (χ3n) is 12.7. The lowest BCUT2D eigenvalue weighted by Gasteiger charge is -2.48. The van der Waals surface area contributed by atoms with E-state index in [9.17, 15) is 34.3 Å². The van der Waals surface area contributed by atoms with Crippen LogP contribution in [-0.4, -0.2) is 110 Å². The van der Waals surface area contributed by atoms with Crippen molar-refractivity contribution in [2.45, 2.75) is 68.0 Å². The Morgan fingerprint density at radius 3 is 1.09 bits per heavy atom. The summed E-state index contributed by atoms with van der Waals surface area (Å²) in [5.41, 5.74) is 10.8. The van der Waals surface area contributed by atoms with Gasteiger partial charge in [-0.05, 0) is 83.9 Å². The molecule has 2 heterocycles. The quantitative estimate of drug-likeness (QED) is 0.0227. The van der Waals surface area contributed by atoms with E-state index in [4.69, 9.17) is 47.4 Å². The second kappa shape index (κ2) is 27.2. The molecule has 0 amide bonds. The maximum absolute atomic E-state index is 14.5. The largest absolute Gasteiger partial charge is 0.459 e. The molecule has 2 aliphatic rings. The summed E-state index contributed by atoms with van der Waals surface area (Å²) in [5.74, 6) is -5.51. The van der Waals surface area contributed by atoms with E-state index in [1.807, 2.05) is 0 Å². The van der Waals surface area contributed by atoms with Gasteiger partial charge < -0.3 is 47.4 Å². The molecule has 0 N–H and O–H groups in total. The lowest BCUT2D eigenvalue weighted by Crippen LogP contribution is -2.66. The van der Waals surface area contributed by atoms with Gasteiger partial charge in [0.05, 0.1) is 46.5 Å². The van der Waals surface area contributed by atoms with Crippen LogP contribution >= 0.6 is 0 Å². The first-order valence-electron chi connectivity index (χ1n) is 25.3. The molecule has 0 unspecified atom stereocenters. The van der Waals surface area contributed by atoms with E-state index in [0.29, 0.717) is 5.56 Å². The molecular weight excluding hydrogens is 1030 g/mol. The van der Waals surface area contributed by atoms with Crippen LogP contribution in [0.4, 0.5) is 0 Å². The topological polar surface area (TPSA) is 243 Å². The summed E-state index contributed by atoms with van der Waals surface area (Å²) in [7, 11) is 0. The first-order chi connectivity index (χ1) is 39.1. The number of esters is 6. The van der Waals surface area contributed by atoms with E-state index in [-0.39, 0.29) is 40.0 Å². The Labute approximate surface area is 458 Å². The molecule has 19 heteroatoms. The molecule has 2 saturated heterocycles. The van der Waals surface area contributed by atoms with Gasteiger partial charge in [-0.2, -0.15) is 0 Å². The van der Waals surface area contributed by atoms with Crippen LogP contribution in [0.5, 0.6) is 0 Å². The molecule has 19 nitrogen and oxygen atoms in total. The average Bonchev–Trinajstić information content (AvgIpc) is 3.52. The van der Waals surface area contributed by atoms with Gasteiger partial charge in [0.25, 0.3) is 0 Å². The number of hydrogen-bond acceptors (Lipinski definition) is 17. The van der Waals surface area contributed by atoms with Gasteiger partial charge in [0.2, 0.25) is 12.6 Å². The lowest BCUT2D eigenvalue weighted by atomic mass is 9.96. The zero-order valence-electron chi connectivity index (χ0n) is 42.5. The molecule has 7 aromatic rings. The lowest BCUT2D eigenvalue weighted by molar-refractivity contribution is -0.373. The first-order valence-corrected chi connectivity index (χ1v) is 25.3. The molecule has 7 aromatic carbocycles. The monoisotopic (exact) mass is 1080 g/mol. The zero-order valence-corrected chi connectivity index (χ0v) is 42.5. The summed E-state index contributed by atoms with van der Waals surface area (Å²) in [6, 6.07) is 56.1. The molecule has 0 radical (unpaired) electrons. The minimum absolute atomic E-state index is 0.0200. The van der Waals surface area contributed by atoms with Crippen LogP contribution in [-0.2, 0) is 54.0 Å². The molecule has 0 spiro atoms. The predicted octanol–water partition coefficient (Wildman–Crippen LogP) is 9.33. The van der Waals surface area contributed by atoms with Crippen molar-refractivity contribution in [3.05, 3.63) is 262 Å². The number of nitrogens with zero attached hydrogens (tertiary/aromatic N) is 3. The van der Waals surface area contributed by atoms with Gasteiger partial charge in [0.15, 0.2) is 30.5 Å². The molecule has 0 aliphatic carbocycles. The van der Waals surface area contributed by atoms with Crippen molar-refractivity contribution >= 4 is 35.8 Å². The Hall–Kier alpha value is -9.49. The minimum Gasteiger partial charge on any atom is -0.459 e. The average molecular weight is 1080 g/mol. The van der Waals surface area contributed by atoms with E-state index in [2.05, 4.69) is 10.0 Å². The van der Waals surface area contributed by atoms with Crippen molar-refractivity contribution in [1.29, 1.82) is 0 Å². The molecule has 9 rings (SSSR count). The highest BCUT2D eigenvalue weighted by atomic mass is 16.8. The summed E-state index contributed by atoms with van der Waals surface area (Å²) in [6.45, 7) is -1.42. The number of azide groups is 1. The van der Waals surface area contributed by atoms with Crippen molar-refractivity contribution in [1.82, 2.24) is 0 Å². The SMILES string of the molecule is [N-]=[N+]=NC[C@H]1O[C@H](O[C@H]2O[C@H](COC(=O)c3ccccc3)[C@@H](OC(=O)c3ccccc3)[C@H](OC(=O)c3ccccc3)[C@H]2OC(=O)c2ccccc2)[C@H](OC(=O)c2ccccc2)[C@@H](OCc2ccccc2)[C@@H]1OC(=O)c1ccccc1. The minimum atomic E-state index is -2.01. The molecule has 10 atom stereocenters. The first kappa shape index (κ1) is 55.3. The van der Waals surface area contributed by atoms with E-state index in [1.165, 1.54) is 72.8 Å². The van der Waals surface area contributed by atoms with Gasteiger partial charge in [-0.3, -0.25) is 0 Å². The van der Waals surface area contributed by atoms with Crippen molar-refractivity contribution in [3.8, 4) is 0 Å². The van der Waals surface area contributed by atoms with Crippen LogP contribution in [0.1, 0.15) is 67.7 Å². The standard InChI is InChI=1S/C61H51N3O16/c62-64-63-36-46-48(75-55(66)41-26-12-3-13-27-41)50(71-37-39-22-8-1-9-23-39)52(78-58(69)44-32-18-6-19-33-44)60(73-46)80-61-53(79-59(70)45-34-20-7-21-35-45)51(77-57(68)43-30-16-5-17-31-43)49(76-56(67)42-28-14-4-15-29-42)47(74-61)38-72-54(65)40-24-10-2-11-25-40/h1-35,46-53,60-61H,36-38H2/t46-,47-,48-,49-,50+,51+,52-,53-,60-,61-/m1/s1. The van der Waals surface area contributed by atoms with Gasteiger partial charge in [0, 0.05) is 4.91 Å². The Morgan fingerprint density at radius 1 is 0.388 bits per heavy atom. The van der Waals surface area contributed by atoms with Gasteiger partial charge in [-0.15, -0.1) is 0 Å². The van der Waals surface area contributed by atoms with Gasteiger partial charge >= 0.3 is 35.8 Å². The second-order valence-electron chi connectivity index (χ2n) is 18.0. The maximum atomic E-state index is 14.5. The highest BCUT2D eigenvalue weighted by Gasteiger charge is 2.58. The Morgan fingerprint density at radius 2 is 0.700 bits per heavy atom.